The van der Waals surface area contributed by atoms with Gasteiger partial charge in [-0.2, -0.15) is 0 Å². The van der Waals surface area contributed by atoms with Gasteiger partial charge < -0.3 is 15.5 Å². The van der Waals surface area contributed by atoms with Crippen LogP contribution in [0.3, 0.4) is 0 Å². The number of benzene rings is 1. The predicted molar refractivity (Wildman–Crippen MR) is 94.9 cm³/mol. The van der Waals surface area contributed by atoms with Crippen LogP contribution in [0.4, 0.5) is 5.69 Å². The van der Waals surface area contributed by atoms with Gasteiger partial charge >= 0.3 is 0 Å². The first-order valence-corrected chi connectivity index (χ1v) is 9.07. The average Bonchev–Trinajstić information content (AvgIpc) is 3.23. The Hall–Kier alpha value is -1.88. The number of unbranched alkanes of at least 4 members (excludes halogenated alkanes) is 1. The maximum absolute atomic E-state index is 12.4. The monoisotopic (exact) mass is 329 g/mol. The third-order valence-corrected chi connectivity index (χ3v) is 4.97. The van der Waals surface area contributed by atoms with Crippen molar-refractivity contribution >= 4 is 17.5 Å². The van der Waals surface area contributed by atoms with Gasteiger partial charge in [-0.05, 0) is 43.5 Å². The van der Waals surface area contributed by atoms with E-state index in [1.807, 2.05) is 12.1 Å². The van der Waals surface area contributed by atoms with E-state index >= 15 is 0 Å². The first-order chi connectivity index (χ1) is 11.7. The Kier molecular flexibility index (Phi) is 5.51. The van der Waals surface area contributed by atoms with Crippen LogP contribution < -0.4 is 15.5 Å². The summed E-state index contributed by atoms with van der Waals surface area (Å²) in [5.41, 5.74) is 2.20. The van der Waals surface area contributed by atoms with E-state index in [9.17, 15) is 9.59 Å². The zero-order valence-electron chi connectivity index (χ0n) is 14.4. The first-order valence-electron chi connectivity index (χ1n) is 9.07. The predicted octanol–water partition coefficient (Wildman–Crippen LogP) is 1.86. The topological polar surface area (TPSA) is 61.4 Å². The summed E-state index contributed by atoms with van der Waals surface area (Å²) in [5, 5.41) is 6.30. The van der Waals surface area contributed by atoms with Crippen molar-refractivity contribution in [1.29, 1.82) is 0 Å². The van der Waals surface area contributed by atoms with Crippen LogP contribution in [-0.4, -0.2) is 37.5 Å². The van der Waals surface area contributed by atoms with Crippen LogP contribution in [0.5, 0.6) is 0 Å². The van der Waals surface area contributed by atoms with Crippen molar-refractivity contribution < 1.29 is 9.59 Å². The summed E-state index contributed by atoms with van der Waals surface area (Å²) in [6.45, 7) is 4.45. The highest BCUT2D eigenvalue weighted by Gasteiger charge is 2.36. The minimum absolute atomic E-state index is 0.0131. The van der Waals surface area contributed by atoms with Gasteiger partial charge in [0.15, 0.2) is 0 Å². The first kappa shape index (κ1) is 17.0. The number of nitrogens with zero attached hydrogens (tertiary/aromatic N) is 1. The minimum Gasteiger partial charge on any atom is -0.352 e. The number of anilines is 1. The number of nitrogens with one attached hydrogen (secondary N) is 2. The average molecular weight is 329 g/mol. The standard InChI is InChI=1S/C19H27N3O2/c1-2-3-4-14-5-7-17(8-6-14)22-13-15(11-18(22)23)19(24)21-16-9-10-20-12-16/h5-8,15-16,20H,2-4,9-13H2,1H3,(H,21,24). The Morgan fingerprint density at radius 3 is 2.79 bits per heavy atom. The fourth-order valence-electron chi connectivity index (χ4n) is 3.45. The second-order valence-corrected chi connectivity index (χ2v) is 6.87. The zero-order valence-corrected chi connectivity index (χ0v) is 14.4. The molecule has 3 rings (SSSR count). The maximum atomic E-state index is 12.4. The molecule has 2 aliphatic rings. The second-order valence-electron chi connectivity index (χ2n) is 6.87. The van der Waals surface area contributed by atoms with Gasteiger partial charge in [0, 0.05) is 31.2 Å². The zero-order chi connectivity index (χ0) is 16.9. The van der Waals surface area contributed by atoms with Crippen LogP contribution in [0, 0.1) is 5.92 Å². The highest BCUT2D eigenvalue weighted by molar-refractivity contribution is 6.00. The Bertz CT molecular complexity index is 579. The normalized spacial score (nSPS) is 23.7. The van der Waals surface area contributed by atoms with E-state index in [0.29, 0.717) is 13.0 Å². The second kappa shape index (κ2) is 7.79. The molecule has 2 unspecified atom stereocenters. The van der Waals surface area contributed by atoms with Gasteiger partial charge in [-0.15, -0.1) is 0 Å². The van der Waals surface area contributed by atoms with Crippen molar-refractivity contribution in [2.45, 2.75) is 45.1 Å². The quantitative estimate of drug-likeness (QED) is 0.837. The molecular weight excluding hydrogens is 302 g/mol. The van der Waals surface area contributed by atoms with Crippen LogP contribution in [0.15, 0.2) is 24.3 Å². The van der Waals surface area contributed by atoms with Crippen LogP contribution in [-0.2, 0) is 16.0 Å². The lowest BCUT2D eigenvalue weighted by molar-refractivity contribution is -0.126. The van der Waals surface area contributed by atoms with Crippen molar-refractivity contribution in [3.8, 4) is 0 Å². The van der Waals surface area contributed by atoms with Crippen molar-refractivity contribution in [1.82, 2.24) is 10.6 Å². The summed E-state index contributed by atoms with van der Waals surface area (Å²) in [6, 6.07) is 8.40. The van der Waals surface area contributed by atoms with E-state index in [0.717, 1.165) is 31.6 Å². The number of amides is 2. The summed E-state index contributed by atoms with van der Waals surface area (Å²) in [4.78, 5) is 26.4. The van der Waals surface area contributed by atoms with E-state index in [1.165, 1.54) is 18.4 Å². The van der Waals surface area contributed by atoms with Crippen LogP contribution in [0.2, 0.25) is 0 Å². The molecule has 24 heavy (non-hydrogen) atoms. The third-order valence-electron chi connectivity index (χ3n) is 4.97. The molecule has 2 saturated heterocycles. The highest BCUT2D eigenvalue weighted by Crippen LogP contribution is 2.26. The third kappa shape index (κ3) is 3.96. The van der Waals surface area contributed by atoms with Crippen LogP contribution in [0.25, 0.3) is 0 Å². The smallest absolute Gasteiger partial charge is 0.227 e. The molecule has 2 amide bonds. The van der Waals surface area contributed by atoms with E-state index in [2.05, 4.69) is 29.7 Å². The Balaban J connectivity index is 1.58. The maximum Gasteiger partial charge on any atom is 0.227 e. The van der Waals surface area contributed by atoms with E-state index in [4.69, 9.17) is 0 Å². The van der Waals surface area contributed by atoms with E-state index < -0.39 is 0 Å². The van der Waals surface area contributed by atoms with Gasteiger partial charge in [0.2, 0.25) is 11.8 Å². The number of aryl methyl sites for hydroxylation is 1. The largest absolute Gasteiger partial charge is 0.352 e. The molecule has 2 fully saturated rings. The molecule has 5 heteroatoms. The fraction of sp³-hybridized carbons (Fsp3) is 0.579. The molecule has 2 atom stereocenters. The number of rotatable bonds is 6. The molecule has 0 spiro atoms. The highest BCUT2D eigenvalue weighted by atomic mass is 16.2. The lowest BCUT2D eigenvalue weighted by atomic mass is 10.1. The summed E-state index contributed by atoms with van der Waals surface area (Å²) in [6.07, 6.45) is 4.71. The lowest BCUT2D eigenvalue weighted by Crippen LogP contribution is -2.40. The number of carbonyl (C=O) groups is 2. The van der Waals surface area contributed by atoms with Gasteiger partial charge in [-0.3, -0.25) is 9.59 Å². The Labute approximate surface area is 143 Å². The molecule has 1 aromatic carbocycles. The summed E-state index contributed by atoms with van der Waals surface area (Å²) in [7, 11) is 0. The van der Waals surface area contributed by atoms with E-state index in [1.54, 1.807) is 4.90 Å². The Morgan fingerprint density at radius 2 is 2.12 bits per heavy atom. The Morgan fingerprint density at radius 1 is 1.33 bits per heavy atom. The molecule has 2 heterocycles. The molecule has 2 aliphatic heterocycles. The minimum atomic E-state index is -0.238. The van der Waals surface area contributed by atoms with Crippen LogP contribution >= 0.6 is 0 Å². The van der Waals surface area contributed by atoms with Gasteiger partial charge in [0.05, 0.1) is 5.92 Å². The molecule has 5 nitrogen and oxygen atoms in total. The lowest BCUT2D eigenvalue weighted by Gasteiger charge is -2.18. The summed E-state index contributed by atoms with van der Waals surface area (Å²) in [5.74, 6) is -0.182. The SMILES string of the molecule is CCCCc1ccc(N2CC(C(=O)NC3CCNC3)CC2=O)cc1. The molecule has 0 radical (unpaired) electrons. The van der Waals surface area contributed by atoms with Crippen molar-refractivity contribution in [2.24, 2.45) is 5.92 Å². The number of carbonyl (C=O) groups excluding carboxylic acids is 2. The fourth-order valence-corrected chi connectivity index (χ4v) is 3.45. The van der Waals surface area contributed by atoms with E-state index in [-0.39, 0.29) is 23.8 Å². The summed E-state index contributed by atoms with van der Waals surface area (Å²) >= 11 is 0. The van der Waals surface area contributed by atoms with Crippen molar-refractivity contribution in [2.75, 3.05) is 24.5 Å². The van der Waals surface area contributed by atoms with Crippen LogP contribution in [0.1, 0.15) is 38.2 Å². The number of hydrogen-bond donors (Lipinski definition) is 2. The number of hydrogen-bond acceptors (Lipinski definition) is 3. The molecular formula is C19H27N3O2. The van der Waals surface area contributed by atoms with Crippen molar-refractivity contribution in [3.63, 3.8) is 0 Å². The molecule has 2 N–H and O–H groups in total. The molecule has 0 aromatic heterocycles. The molecule has 0 bridgehead atoms. The molecule has 1 aromatic rings. The molecule has 130 valence electrons. The van der Waals surface area contributed by atoms with Gasteiger partial charge in [-0.25, -0.2) is 0 Å². The molecule has 0 aliphatic carbocycles. The van der Waals surface area contributed by atoms with Gasteiger partial charge in [0.25, 0.3) is 0 Å². The van der Waals surface area contributed by atoms with Gasteiger partial charge in [-0.1, -0.05) is 25.5 Å². The molecule has 0 saturated carbocycles. The van der Waals surface area contributed by atoms with Crippen molar-refractivity contribution in [3.05, 3.63) is 29.8 Å². The van der Waals surface area contributed by atoms with Gasteiger partial charge in [0.1, 0.15) is 0 Å². The summed E-state index contributed by atoms with van der Waals surface area (Å²) < 4.78 is 0.